The molecule has 0 unspecified atom stereocenters. The number of aromatic nitrogens is 4. The third-order valence-electron chi connectivity index (χ3n) is 4.76. The summed E-state index contributed by atoms with van der Waals surface area (Å²) < 4.78 is 0. The van der Waals surface area contributed by atoms with Gasteiger partial charge in [0.25, 0.3) is 0 Å². The number of likely N-dealkylation sites (tertiary alicyclic amines) is 1. The van der Waals surface area contributed by atoms with Crippen LogP contribution in [-0.2, 0) is 20.9 Å². The molecule has 3 rings (SSSR count). The van der Waals surface area contributed by atoms with Gasteiger partial charge >= 0.3 is 5.97 Å². The Morgan fingerprint density at radius 1 is 1.18 bits per heavy atom. The number of hydrogen-bond donors (Lipinski definition) is 1. The molecule has 2 aromatic rings. The van der Waals surface area contributed by atoms with Gasteiger partial charge in [0, 0.05) is 25.7 Å². The van der Waals surface area contributed by atoms with Crippen molar-refractivity contribution in [3.8, 4) is 11.4 Å². The molecule has 0 spiro atoms. The van der Waals surface area contributed by atoms with Gasteiger partial charge in [-0.1, -0.05) is 30.3 Å². The molecule has 1 aliphatic rings. The minimum atomic E-state index is -0.824. The molecule has 0 radical (unpaired) electrons. The van der Waals surface area contributed by atoms with E-state index in [4.69, 9.17) is 5.11 Å². The summed E-state index contributed by atoms with van der Waals surface area (Å²) in [6, 6.07) is 9.30. The van der Waals surface area contributed by atoms with Crippen LogP contribution >= 0.6 is 0 Å². The number of carboxylic acids is 1. The number of carboxylic acid groups (broad SMARTS) is 1. The van der Waals surface area contributed by atoms with Gasteiger partial charge in [-0.05, 0) is 18.1 Å². The lowest BCUT2D eigenvalue weighted by Gasteiger charge is -2.31. The number of carbonyl (C=O) groups excluding carboxylic acids is 2. The summed E-state index contributed by atoms with van der Waals surface area (Å²) in [6.45, 7) is 0.591. The van der Waals surface area contributed by atoms with Crippen molar-refractivity contribution in [2.75, 3.05) is 26.7 Å². The average Bonchev–Trinajstić information content (AvgIpc) is 3.17. The summed E-state index contributed by atoms with van der Waals surface area (Å²) in [5.74, 6) is -1.31. The molecule has 28 heavy (non-hydrogen) atoms. The molecule has 1 saturated heterocycles. The molecule has 0 atom stereocenters. The van der Waals surface area contributed by atoms with Crippen LogP contribution in [0.25, 0.3) is 11.4 Å². The van der Waals surface area contributed by atoms with Crippen molar-refractivity contribution in [1.29, 1.82) is 0 Å². The van der Waals surface area contributed by atoms with Crippen molar-refractivity contribution in [3.05, 3.63) is 30.3 Å². The van der Waals surface area contributed by atoms with E-state index in [1.165, 1.54) is 9.70 Å². The number of aliphatic carboxylic acids is 1. The number of likely N-dealkylation sites (N-methyl/N-ethyl adjacent to an activating group) is 1. The van der Waals surface area contributed by atoms with Crippen LogP contribution in [0.4, 0.5) is 0 Å². The fourth-order valence-electron chi connectivity index (χ4n) is 3.02. The van der Waals surface area contributed by atoms with Gasteiger partial charge in [0.15, 0.2) is 0 Å². The van der Waals surface area contributed by atoms with Crippen LogP contribution in [0.1, 0.15) is 12.8 Å². The standard InChI is InChI=1S/C18H22N6O4/c1-22(11-16(26)23-9-7-14(8-10-23)18(27)28)15(25)12-24-20-17(19-21-24)13-5-3-2-4-6-13/h2-6,14H,7-12H2,1H3,(H,27,28). The fraction of sp³-hybridized carbons (Fsp3) is 0.444. The van der Waals surface area contributed by atoms with Crippen molar-refractivity contribution >= 4 is 17.8 Å². The molecule has 1 aromatic carbocycles. The van der Waals surface area contributed by atoms with E-state index in [1.807, 2.05) is 30.3 Å². The van der Waals surface area contributed by atoms with Crippen LogP contribution < -0.4 is 0 Å². The van der Waals surface area contributed by atoms with E-state index >= 15 is 0 Å². The minimum absolute atomic E-state index is 0.0726. The first-order valence-electron chi connectivity index (χ1n) is 9.02. The zero-order valence-corrected chi connectivity index (χ0v) is 15.6. The molecule has 0 aliphatic carbocycles. The molecule has 1 fully saturated rings. The Balaban J connectivity index is 1.50. The van der Waals surface area contributed by atoms with Gasteiger partial charge in [0.05, 0.1) is 12.5 Å². The topological polar surface area (TPSA) is 122 Å². The highest BCUT2D eigenvalue weighted by Crippen LogP contribution is 2.17. The summed E-state index contributed by atoms with van der Waals surface area (Å²) in [5, 5.41) is 21.0. The van der Waals surface area contributed by atoms with E-state index in [1.54, 1.807) is 11.9 Å². The molecular weight excluding hydrogens is 364 g/mol. The highest BCUT2D eigenvalue weighted by Gasteiger charge is 2.28. The van der Waals surface area contributed by atoms with Crippen LogP contribution in [0.2, 0.25) is 0 Å². The first-order chi connectivity index (χ1) is 13.4. The van der Waals surface area contributed by atoms with Crippen molar-refractivity contribution in [3.63, 3.8) is 0 Å². The Morgan fingerprint density at radius 2 is 1.86 bits per heavy atom. The van der Waals surface area contributed by atoms with Gasteiger partial charge < -0.3 is 14.9 Å². The van der Waals surface area contributed by atoms with Crippen molar-refractivity contribution < 1.29 is 19.5 Å². The maximum absolute atomic E-state index is 12.4. The monoisotopic (exact) mass is 386 g/mol. The molecule has 10 nitrogen and oxygen atoms in total. The number of piperidine rings is 1. The van der Waals surface area contributed by atoms with E-state index in [2.05, 4.69) is 15.4 Å². The molecular formula is C18H22N6O4. The fourth-order valence-corrected chi connectivity index (χ4v) is 3.02. The quantitative estimate of drug-likeness (QED) is 0.748. The van der Waals surface area contributed by atoms with Crippen LogP contribution in [0.3, 0.4) is 0 Å². The Bertz CT molecular complexity index is 845. The Morgan fingerprint density at radius 3 is 2.50 bits per heavy atom. The molecule has 0 bridgehead atoms. The molecule has 2 heterocycles. The zero-order chi connectivity index (χ0) is 20.1. The number of tetrazole rings is 1. The number of carbonyl (C=O) groups is 3. The second-order valence-electron chi connectivity index (χ2n) is 6.75. The lowest BCUT2D eigenvalue weighted by molar-refractivity contribution is -0.146. The Kier molecular flexibility index (Phi) is 5.97. The SMILES string of the molecule is CN(CC(=O)N1CCC(C(=O)O)CC1)C(=O)Cn1nnc(-c2ccccc2)n1. The third kappa shape index (κ3) is 4.70. The largest absolute Gasteiger partial charge is 0.481 e. The number of rotatable bonds is 6. The number of nitrogens with zero attached hydrogens (tertiary/aromatic N) is 6. The average molecular weight is 386 g/mol. The van der Waals surface area contributed by atoms with Gasteiger partial charge in [-0.2, -0.15) is 4.80 Å². The number of amides is 2. The van der Waals surface area contributed by atoms with E-state index in [9.17, 15) is 14.4 Å². The molecule has 1 aromatic heterocycles. The maximum Gasteiger partial charge on any atom is 0.306 e. The predicted octanol–water partition coefficient (Wildman–Crippen LogP) is 0.122. The lowest BCUT2D eigenvalue weighted by Crippen LogP contribution is -2.46. The predicted molar refractivity (Wildman–Crippen MR) is 97.8 cm³/mol. The summed E-state index contributed by atoms with van der Waals surface area (Å²) >= 11 is 0. The summed E-state index contributed by atoms with van der Waals surface area (Å²) in [5.41, 5.74) is 0.800. The van der Waals surface area contributed by atoms with E-state index in [0.717, 1.165) is 5.56 Å². The lowest BCUT2D eigenvalue weighted by atomic mass is 9.97. The van der Waals surface area contributed by atoms with Gasteiger partial charge in [-0.25, -0.2) is 0 Å². The minimum Gasteiger partial charge on any atom is -0.481 e. The third-order valence-corrected chi connectivity index (χ3v) is 4.76. The van der Waals surface area contributed by atoms with E-state index < -0.39 is 11.9 Å². The van der Waals surface area contributed by atoms with E-state index in [-0.39, 0.29) is 24.9 Å². The van der Waals surface area contributed by atoms with Gasteiger partial charge in [0.1, 0.15) is 6.54 Å². The van der Waals surface area contributed by atoms with Crippen molar-refractivity contribution in [1.82, 2.24) is 30.0 Å². The van der Waals surface area contributed by atoms with Gasteiger partial charge in [-0.15, -0.1) is 10.2 Å². The summed E-state index contributed by atoms with van der Waals surface area (Å²) in [4.78, 5) is 39.8. The second-order valence-corrected chi connectivity index (χ2v) is 6.75. The van der Waals surface area contributed by atoms with E-state index in [0.29, 0.717) is 31.8 Å². The van der Waals surface area contributed by atoms with Crippen LogP contribution in [0, 0.1) is 5.92 Å². The number of benzene rings is 1. The first kappa shape index (κ1) is 19.5. The highest BCUT2D eigenvalue weighted by atomic mass is 16.4. The van der Waals surface area contributed by atoms with Gasteiger partial charge in [-0.3, -0.25) is 14.4 Å². The smallest absolute Gasteiger partial charge is 0.306 e. The molecule has 0 saturated carbocycles. The molecule has 10 heteroatoms. The molecule has 1 N–H and O–H groups in total. The molecule has 148 valence electrons. The Hall–Kier alpha value is -3.30. The zero-order valence-electron chi connectivity index (χ0n) is 15.6. The summed E-state index contributed by atoms with van der Waals surface area (Å²) in [6.07, 6.45) is 0.869. The highest BCUT2D eigenvalue weighted by molar-refractivity contribution is 5.84. The summed E-state index contributed by atoms with van der Waals surface area (Å²) in [7, 11) is 1.54. The van der Waals surface area contributed by atoms with Crippen LogP contribution in [0.5, 0.6) is 0 Å². The first-order valence-corrected chi connectivity index (χ1v) is 9.02. The Labute approximate surface area is 161 Å². The molecule has 1 aliphatic heterocycles. The second kappa shape index (κ2) is 8.59. The normalized spacial score (nSPS) is 14.7. The van der Waals surface area contributed by atoms with Gasteiger partial charge in [0.2, 0.25) is 17.6 Å². The number of hydrogen-bond acceptors (Lipinski definition) is 6. The van der Waals surface area contributed by atoms with Crippen molar-refractivity contribution in [2.24, 2.45) is 5.92 Å². The van der Waals surface area contributed by atoms with Crippen molar-refractivity contribution in [2.45, 2.75) is 19.4 Å². The maximum atomic E-state index is 12.4. The molecule has 2 amide bonds. The van der Waals surface area contributed by atoms with Crippen LogP contribution in [-0.4, -0.2) is 79.6 Å². The van der Waals surface area contributed by atoms with Crippen LogP contribution in [0.15, 0.2) is 30.3 Å².